The van der Waals surface area contributed by atoms with E-state index in [4.69, 9.17) is 0 Å². The fourth-order valence-corrected chi connectivity index (χ4v) is 5.45. The third kappa shape index (κ3) is 3.68. The van der Waals surface area contributed by atoms with E-state index in [1.165, 1.54) is 6.92 Å². The number of hydrogen-bond donors (Lipinski definition) is 1. The van der Waals surface area contributed by atoms with Crippen LogP contribution in [-0.2, 0) is 4.79 Å². The number of para-hydroxylation sites is 1. The van der Waals surface area contributed by atoms with E-state index in [2.05, 4.69) is 21.2 Å². The highest BCUT2D eigenvalue weighted by Crippen LogP contribution is 2.55. The monoisotopic (exact) mass is 349 g/mol. The van der Waals surface area contributed by atoms with Crippen molar-refractivity contribution in [1.82, 2.24) is 0 Å². The predicted molar refractivity (Wildman–Crippen MR) is 90.5 cm³/mol. The van der Waals surface area contributed by atoms with E-state index in [1.54, 1.807) is 32.1 Å². The molecule has 4 aliphatic rings. The molecule has 5 rings (SSSR count). The molecule has 4 saturated carbocycles. The Morgan fingerprint density at radius 1 is 1.00 bits per heavy atom. The fourth-order valence-electron chi connectivity index (χ4n) is 4.58. The highest BCUT2D eigenvalue weighted by molar-refractivity contribution is 9.09. The number of benzene rings is 1. The lowest BCUT2D eigenvalue weighted by molar-refractivity contribution is -0.114. The second-order valence-corrected chi connectivity index (χ2v) is 7.98. The molecule has 21 heavy (non-hydrogen) atoms. The molecule has 2 nitrogen and oxygen atoms in total. The molecule has 0 aromatic heterocycles. The zero-order valence-corrected chi connectivity index (χ0v) is 14.2. The van der Waals surface area contributed by atoms with Gasteiger partial charge in [0.15, 0.2) is 0 Å². The van der Waals surface area contributed by atoms with Gasteiger partial charge in [0.2, 0.25) is 5.91 Å². The summed E-state index contributed by atoms with van der Waals surface area (Å²) in [5.41, 5.74) is 0.843. The summed E-state index contributed by atoms with van der Waals surface area (Å²) in [7, 11) is 0. The summed E-state index contributed by atoms with van der Waals surface area (Å²) in [5, 5.41) is 2.67. The van der Waals surface area contributed by atoms with Gasteiger partial charge in [-0.15, -0.1) is 0 Å². The molecule has 0 radical (unpaired) electrons. The van der Waals surface area contributed by atoms with Crippen LogP contribution in [0.4, 0.5) is 5.69 Å². The van der Waals surface area contributed by atoms with Gasteiger partial charge in [-0.2, -0.15) is 0 Å². The molecule has 114 valence electrons. The molecule has 0 spiro atoms. The van der Waals surface area contributed by atoms with Gasteiger partial charge in [-0.05, 0) is 67.9 Å². The van der Waals surface area contributed by atoms with Crippen molar-refractivity contribution in [3.63, 3.8) is 0 Å². The van der Waals surface area contributed by atoms with E-state index in [1.807, 2.05) is 30.3 Å². The Bertz CT molecular complexity index is 459. The molecule has 4 fully saturated rings. The number of carbonyl (C=O) groups excluding carboxylic acids is 1. The highest BCUT2D eigenvalue weighted by Gasteiger charge is 2.46. The van der Waals surface area contributed by atoms with Crippen molar-refractivity contribution in [1.29, 1.82) is 0 Å². The minimum absolute atomic E-state index is 0.0359. The third-order valence-electron chi connectivity index (χ3n) is 5.21. The molecular weight excluding hydrogens is 326 g/mol. The Labute approximate surface area is 135 Å². The van der Waals surface area contributed by atoms with Crippen LogP contribution in [-0.4, -0.2) is 10.7 Å². The lowest BCUT2D eigenvalue weighted by atomic mass is 9.56. The van der Waals surface area contributed by atoms with Crippen molar-refractivity contribution in [3.05, 3.63) is 30.3 Å². The van der Waals surface area contributed by atoms with Gasteiger partial charge in [-0.25, -0.2) is 0 Å². The first kappa shape index (κ1) is 15.1. The van der Waals surface area contributed by atoms with Crippen molar-refractivity contribution in [3.8, 4) is 0 Å². The molecule has 0 atom stereocenters. The van der Waals surface area contributed by atoms with Gasteiger partial charge in [-0.1, -0.05) is 34.1 Å². The van der Waals surface area contributed by atoms with Crippen LogP contribution in [0.2, 0.25) is 0 Å². The van der Waals surface area contributed by atoms with Crippen LogP contribution in [0.1, 0.15) is 39.0 Å². The number of alkyl halides is 1. The first-order valence-electron chi connectivity index (χ1n) is 8.08. The first-order valence-corrected chi connectivity index (χ1v) is 9.00. The highest BCUT2D eigenvalue weighted by atomic mass is 79.9. The maximum atomic E-state index is 10.5. The van der Waals surface area contributed by atoms with Crippen LogP contribution in [0.15, 0.2) is 30.3 Å². The normalized spacial score (nSPS) is 35.8. The number of carbonyl (C=O) groups is 1. The number of halogens is 1. The smallest absolute Gasteiger partial charge is 0.221 e. The summed E-state index contributed by atoms with van der Waals surface area (Å²) in [4.78, 5) is 11.4. The van der Waals surface area contributed by atoms with Gasteiger partial charge >= 0.3 is 0 Å². The molecule has 1 aromatic rings. The maximum Gasteiger partial charge on any atom is 0.221 e. The van der Waals surface area contributed by atoms with Gasteiger partial charge in [0.05, 0.1) is 0 Å². The Balaban J connectivity index is 0.000000127. The number of hydrogen-bond acceptors (Lipinski definition) is 1. The Morgan fingerprint density at radius 2 is 1.52 bits per heavy atom. The Morgan fingerprint density at radius 3 is 2.00 bits per heavy atom. The van der Waals surface area contributed by atoms with E-state index < -0.39 is 0 Å². The molecule has 0 saturated heterocycles. The number of rotatable bonds is 1. The van der Waals surface area contributed by atoms with Gasteiger partial charge in [0, 0.05) is 17.4 Å². The SMILES string of the molecule is BrC1C2CC3CC(C2)CC1C3.CC(=O)Nc1ccccc1. The summed E-state index contributed by atoms with van der Waals surface area (Å²) >= 11 is 3.88. The first-order chi connectivity index (χ1) is 10.1. The largest absolute Gasteiger partial charge is 0.326 e. The Kier molecular flexibility index (Phi) is 4.68. The van der Waals surface area contributed by atoms with E-state index in [0.29, 0.717) is 0 Å². The van der Waals surface area contributed by atoms with Crippen LogP contribution < -0.4 is 5.32 Å². The van der Waals surface area contributed by atoms with Crippen LogP contribution >= 0.6 is 15.9 Å². The number of anilines is 1. The average Bonchev–Trinajstić information content (AvgIpc) is 2.45. The van der Waals surface area contributed by atoms with Crippen LogP contribution in [0.3, 0.4) is 0 Å². The molecule has 1 aromatic carbocycles. The van der Waals surface area contributed by atoms with Gasteiger partial charge in [0.1, 0.15) is 0 Å². The molecule has 4 aliphatic carbocycles. The number of amides is 1. The summed E-state index contributed by atoms with van der Waals surface area (Å²) < 4.78 is 0. The lowest BCUT2D eigenvalue weighted by Crippen LogP contribution is -2.45. The molecule has 1 N–H and O–H groups in total. The van der Waals surface area contributed by atoms with E-state index >= 15 is 0 Å². The maximum absolute atomic E-state index is 10.5. The van der Waals surface area contributed by atoms with Crippen LogP contribution in [0.25, 0.3) is 0 Å². The summed E-state index contributed by atoms with van der Waals surface area (Å²) in [6.07, 6.45) is 7.75. The molecular formula is C18H24BrNO. The van der Waals surface area contributed by atoms with Crippen molar-refractivity contribution < 1.29 is 4.79 Å². The van der Waals surface area contributed by atoms with Gasteiger partial charge < -0.3 is 5.32 Å². The van der Waals surface area contributed by atoms with Crippen molar-refractivity contribution in [2.24, 2.45) is 23.7 Å². The van der Waals surface area contributed by atoms with Crippen molar-refractivity contribution in [2.45, 2.75) is 43.9 Å². The number of nitrogens with one attached hydrogen (secondary N) is 1. The molecule has 3 heteroatoms. The lowest BCUT2D eigenvalue weighted by Gasteiger charge is -2.52. The quantitative estimate of drug-likeness (QED) is 0.721. The topological polar surface area (TPSA) is 29.1 Å². The zero-order chi connectivity index (χ0) is 14.8. The Hall–Kier alpha value is -0.830. The standard InChI is InChI=1S/C10H15Br.C8H9NO/c11-10-8-2-6-1-7(4-8)5-9(10)3-6;1-7(10)9-8-5-3-2-4-6-8/h6-10H,1-5H2;2-6H,1H3,(H,9,10). The van der Waals surface area contributed by atoms with Gasteiger partial charge in [-0.3, -0.25) is 4.79 Å². The molecule has 0 heterocycles. The zero-order valence-electron chi connectivity index (χ0n) is 12.6. The van der Waals surface area contributed by atoms with E-state index in [9.17, 15) is 4.79 Å². The molecule has 0 unspecified atom stereocenters. The minimum Gasteiger partial charge on any atom is -0.326 e. The van der Waals surface area contributed by atoms with E-state index in [0.717, 1.165) is 34.2 Å². The second-order valence-electron chi connectivity index (χ2n) is 6.92. The van der Waals surface area contributed by atoms with E-state index in [-0.39, 0.29) is 5.91 Å². The van der Waals surface area contributed by atoms with Crippen LogP contribution in [0, 0.1) is 23.7 Å². The third-order valence-corrected chi connectivity index (χ3v) is 6.70. The molecule has 0 aliphatic heterocycles. The fraction of sp³-hybridized carbons (Fsp3) is 0.611. The summed E-state index contributed by atoms with van der Waals surface area (Å²) in [5.74, 6) is 4.35. The van der Waals surface area contributed by atoms with Crippen LogP contribution in [0.5, 0.6) is 0 Å². The average molecular weight is 350 g/mol. The second kappa shape index (κ2) is 6.51. The van der Waals surface area contributed by atoms with Crippen molar-refractivity contribution >= 4 is 27.5 Å². The van der Waals surface area contributed by atoms with Gasteiger partial charge in [0.25, 0.3) is 0 Å². The summed E-state index contributed by atoms with van der Waals surface area (Å²) in [6, 6.07) is 9.37. The predicted octanol–water partition coefficient (Wildman–Crippen LogP) is 4.85. The molecule has 1 amide bonds. The molecule has 4 bridgehead atoms. The minimum atomic E-state index is -0.0359. The summed E-state index contributed by atoms with van der Waals surface area (Å²) in [6.45, 7) is 1.49. The van der Waals surface area contributed by atoms with Crippen molar-refractivity contribution in [2.75, 3.05) is 5.32 Å².